The van der Waals surface area contributed by atoms with Crippen LogP contribution >= 0.6 is 35.6 Å². The number of carbonyl (C=O) groups excluding carboxylic acids is 1. The molecule has 0 aliphatic carbocycles. The van der Waals surface area contributed by atoms with Crippen LogP contribution in [-0.2, 0) is 11.2 Å². The number of nitrogens with one attached hydrogen (secondary N) is 2. The molecular weight excluding hydrogens is 345 g/mol. The highest BCUT2D eigenvalue weighted by Gasteiger charge is 2.09. The fraction of sp³-hybridized carbons (Fsp3) is 0.533. The van der Waals surface area contributed by atoms with Crippen molar-refractivity contribution in [1.29, 1.82) is 0 Å². The minimum absolute atomic E-state index is 0. The molecular formula is C15H22Cl3N3O. The first-order valence-corrected chi connectivity index (χ1v) is 8.04. The number of piperazine rings is 1. The number of nitrogens with zero attached hydrogens (tertiary/aromatic N) is 1. The zero-order valence-electron chi connectivity index (χ0n) is 12.4. The van der Waals surface area contributed by atoms with E-state index in [-0.39, 0.29) is 18.3 Å². The van der Waals surface area contributed by atoms with E-state index in [1.165, 1.54) is 0 Å². The molecule has 1 saturated heterocycles. The second kappa shape index (κ2) is 10.3. The van der Waals surface area contributed by atoms with Crippen LogP contribution in [0.4, 0.5) is 0 Å². The molecule has 0 atom stereocenters. The third kappa shape index (κ3) is 6.71. The lowest BCUT2D eigenvalue weighted by Gasteiger charge is -2.27. The highest BCUT2D eigenvalue weighted by Crippen LogP contribution is 2.22. The standard InChI is InChI=1S/C15H21Cl2N3O.ClH/c16-13-3-2-12(10-14(13)17)11-15(21)19-4-1-7-20-8-5-18-6-9-20;/h2-3,10,18H,1,4-9,11H2,(H,19,21);1H. The van der Waals surface area contributed by atoms with Gasteiger partial charge in [0.05, 0.1) is 16.5 Å². The maximum absolute atomic E-state index is 11.8. The summed E-state index contributed by atoms with van der Waals surface area (Å²) in [5, 5.41) is 7.27. The molecule has 7 heteroatoms. The Balaban J connectivity index is 0.00000242. The quantitative estimate of drug-likeness (QED) is 0.760. The van der Waals surface area contributed by atoms with Crippen LogP contribution in [0.3, 0.4) is 0 Å². The van der Waals surface area contributed by atoms with E-state index in [2.05, 4.69) is 15.5 Å². The van der Waals surface area contributed by atoms with Gasteiger partial charge in [-0.1, -0.05) is 29.3 Å². The van der Waals surface area contributed by atoms with Gasteiger partial charge in [-0.3, -0.25) is 4.79 Å². The molecule has 0 unspecified atom stereocenters. The smallest absolute Gasteiger partial charge is 0.224 e. The molecule has 1 heterocycles. The second-order valence-electron chi connectivity index (χ2n) is 5.22. The average Bonchev–Trinajstić information content (AvgIpc) is 2.49. The van der Waals surface area contributed by atoms with Gasteiger partial charge in [-0.05, 0) is 30.7 Å². The molecule has 1 amide bonds. The molecule has 4 nitrogen and oxygen atoms in total. The topological polar surface area (TPSA) is 44.4 Å². The normalized spacial score (nSPS) is 15.2. The van der Waals surface area contributed by atoms with Crippen molar-refractivity contribution in [2.75, 3.05) is 39.3 Å². The van der Waals surface area contributed by atoms with Crippen LogP contribution in [-0.4, -0.2) is 50.1 Å². The van der Waals surface area contributed by atoms with Gasteiger partial charge < -0.3 is 15.5 Å². The van der Waals surface area contributed by atoms with Crippen molar-refractivity contribution >= 4 is 41.5 Å². The minimum atomic E-state index is 0. The molecule has 0 bridgehead atoms. The molecule has 0 radical (unpaired) electrons. The van der Waals surface area contributed by atoms with Crippen molar-refractivity contribution in [3.05, 3.63) is 33.8 Å². The Morgan fingerprint density at radius 2 is 1.95 bits per heavy atom. The lowest BCUT2D eigenvalue weighted by molar-refractivity contribution is -0.120. The van der Waals surface area contributed by atoms with Gasteiger partial charge >= 0.3 is 0 Å². The lowest BCUT2D eigenvalue weighted by Crippen LogP contribution is -2.44. The van der Waals surface area contributed by atoms with Gasteiger partial charge in [0.25, 0.3) is 0 Å². The molecule has 0 aromatic heterocycles. The molecule has 1 aromatic rings. The third-order valence-corrected chi connectivity index (χ3v) is 4.27. The van der Waals surface area contributed by atoms with Crippen LogP contribution < -0.4 is 10.6 Å². The van der Waals surface area contributed by atoms with Crippen molar-refractivity contribution in [1.82, 2.24) is 15.5 Å². The molecule has 0 spiro atoms. The van der Waals surface area contributed by atoms with Gasteiger partial charge in [0.1, 0.15) is 0 Å². The summed E-state index contributed by atoms with van der Waals surface area (Å²) in [5.74, 6) is 0.0219. The van der Waals surface area contributed by atoms with Crippen molar-refractivity contribution in [2.45, 2.75) is 12.8 Å². The molecule has 0 saturated carbocycles. The first-order valence-electron chi connectivity index (χ1n) is 7.29. The number of rotatable bonds is 6. The first-order chi connectivity index (χ1) is 10.1. The highest BCUT2D eigenvalue weighted by molar-refractivity contribution is 6.42. The Labute approximate surface area is 147 Å². The monoisotopic (exact) mass is 365 g/mol. The predicted molar refractivity (Wildman–Crippen MR) is 94.4 cm³/mol. The second-order valence-corrected chi connectivity index (χ2v) is 6.03. The van der Waals surface area contributed by atoms with Crippen LogP contribution in [0.5, 0.6) is 0 Å². The molecule has 2 rings (SSSR count). The number of hydrogen-bond donors (Lipinski definition) is 2. The van der Waals surface area contributed by atoms with E-state index in [9.17, 15) is 4.79 Å². The Morgan fingerprint density at radius 1 is 1.23 bits per heavy atom. The maximum atomic E-state index is 11.8. The van der Waals surface area contributed by atoms with Crippen LogP contribution in [0, 0.1) is 0 Å². The first kappa shape index (κ1) is 19.5. The van der Waals surface area contributed by atoms with Gasteiger partial charge in [0.2, 0.25) is 5.91 Å². The number of hydrogen-bond acceptors (Lipinski definition) is 3. The van der Waals surface area contributed by atoms with Crippen LogP contribution in [0.25, 0.3) is 0 Å². The summed E-state index contributed by atoms with van der Waals surface area (Å²) in [7, 11) is 0. The minimum Gasteiger partial charge on any atom is -0.356 e. The predicted octanol–water partition coefficient (Wildman–Crippen LogP) is 2.37. The van der Waals surface area contributed by atoms with Gasteiger partial charge in [-0.2, -0.15) is 0 Å². The molecule has 1 aromatic carbocycles. The number of benzene rings is 1. The van der Waals surface area contributed by atoms with Crippen molar-refractivity contribution in [2.24, 2.45) is 0 Å². The Morgan fingerprint density at radius 3 is 2.64 bits per heavy atom. The fourth-order valence-corrected chi connectivity index (χ4v) is 2.68. The van der Waals surface area contributed by atoms with Gasteiger partial charge in [-0.25, -0.2) is 0 Å². The lowest BCUT2D eigenvalue weighted by atomic mass is 10.1. The fourth-order valence-electron chi connectivity index (χ4n) is 2.36. The van der Waals surface area contributed by atoms with Crippen LogP contribution in [0.1, 0.15) is 12.0 Å². The largest absolute Gasteiger partial charge is 0.356 e. The van der Waals surface area contributed by atoms with Gasteiger partial charge in [0, 0.05) is 32.7 Å². The van der Waals surface area contributed by atoms with E-state index in [0.717, 1.165) is 44.7 Å². The number of halogens is 3. The number of carbonyl (C=O) groups is 1. The van der Waals surface area contributed by atoms with E-state index in [4.69, 9.17) is 23.2 Å². The summed E-state index contributed by atoms with van der Waals surface area (Å²) in [4.78, 5) is 14.3. The summed E-state index contributed by atoms with van der Waals surface area (Å²) in [6.07, 6.45) is 1.32. The van der Waals surface area contributed by atoms with E-state index >= 15 is 0 Å². The number of amides is 1. The summed E-state index contributed by atoms with van der Waals surface area (Å²) in [6.45, 7) is 6.06. The summed E-state index contributed by atoms with van der Waals surface area (Å²) in [5.41, 5.74) is 0.879. The maximum Gasteiger partial charge on any atom is 0.224 e. The summed E-state index contributed by atoms with van der Waals surface area (Å²) in [6, 6.07) is 5.29. The Bertz CT molecular complexity index is 479. The average molecular weight is 367 g/mol. The van der Waals surface area contributed by atoms with Crippen LogP contribution in [0.15, 0.2) is 18.2 Å². The summed E-state index contributed by atoms with van der Waals surface area (Å²) < 4.78 is 0. The van der Waals surface area contributed by atoms with Crippen molar-refractivity contribution in [3.63, 3.8) is 0 Å². The van der Waals surface area contributed by atoms with E-state index in [1.807, 2.05) is 6.07 Å². The SMILES string of the molecule is Cl.O=C(Cc1ccc(Cl)c(Cl)c1)NCCCN1CCNCC1. The van der Waals surface area contributed by atoms with E-state index < -0.39 is 0 Å². The third-order valence-electron chi connectivity index (χ3n) is 3.53. The molecule has 1 aliphatic rings. The zero-order valence-corrected chi connectivity index (χ0v) is 14.7. The highest BCUT2D eigenvalue weighted by atomic mass is 35.5. The van der Waals surface area contributed by atoms with Gasteiger partial charge in [0.15, 0.2) is 0 Å². The van der Waals surface area contributed by atoms with E-state index in [1.54, 1.807) is 12.1 Å². The van der Waals surface area contributed by atoms with E-state index in [0.29, 0.717) is 23.0 Å². The Kier molecular flexibility index (Phi) is 9.13. The summed E-state index contributed by atoms with van der Waals surface area (Å²) >= 11 is 11.8. The molecule has 1 fully saturated rings. The molecule has 22 heavy (non-hydrogen) atoms. The van der Waals surface area contributed by atoms with Crippen molar-refractivity contribution < 1.29 is 4.79 Å². The molecule has 2 N–H and O–H groups in total. The zero-order chi connectivity index (χ0) is 15.1. The van der Waals surface area contributed by atoms with Crippen molar-refractivity contribution in [3.8, 4) is 0 Å². The molecule has 124 valence electrons. The molecule has 1 aliphatic heterocycles. The van der Waals surface area contributed by atoms with Gasteiger partial charge in [-0.15, -0.1) is 12.4 Å². The van der Waals surface area contributed by atoms with Crippen LogP contribution in [0.2, 0.25) is 10.0 Å². The Hall–Kier alpha value is -0.520.